The molecule has 3 atom stereocenters. The van der Waals surface area contributed by atoms with Gasteiger partial charge < -0.3 is 15.0 Å². The molecule has 0 radical (unpaired) electrons. The van der Waals surface area contributed by atoms with Gasteiger partial charge in [0.25, 0.3) is 0 Å². The Morgan fingerprint density at radius 2 is 2.14 bits per heavy atom. The number of ether oxygens (including phenoxy) is 1. The summed E-state index contributed by atoms with van der Waals surface area (Å²) in [6, 6.07) is 2.67. The molecule has 1 saturated heterocycles. The van der Waals surface area contributed by atoms with Gasteiger partial charge in [-0.15, -0.1) is 0 Å². The van der Waals surface area contributed by atoms with E-state index in [0.717, 1.165) is 18.2 Å². The van der Waals surface area contributed by atoms with Crippen LogP contribution in [0.1, 0.15) is 18.5 Å². The zero-order chi connectivity index (χ0) is 15.6. The van der Waals surface area contributed by atoms with E-state index in [9.17, 15) is 13.6 Å². The summed E-state index contributed by atoms with van der Waals surface area (Å²) in [5.41, 5.74) is 0.172. The Labute approximate surface area is 123 Å². The molecule has 1 N–H and O–H groups in total. The number of benzene rings is 1. The first-order valence-electron chi connectivity index (χ1n) is 6.92. The minimum absolute atomic E-state index is 0.0514. The molecule has 1 aromatic carbocycles. The lowest BCUT2D eigenvalue weighted by Crippen LogP contribution is -2.44. The van der Waals surface area contributed by atoms with Crippen molar-refractivity contribution in [3.63, 3.8) is 0 Å². The quantitative estimate of drug-likeness (QED) is 0.920. The van der Waals surface area contributed by atoms with E-state index in [1.54, 1.807) is 21.0 Å². The monoisotopic (exact) mass is 298 g/mol. The molecular formula is C15H20F2N2O2. The van der Waals surface area contributed by atoms with E-state index >= 15 is 0 Å². The van der Waals surface area contributed by atoms with Crippen LogP contribution in [0.5, 0.6) is 0 Å². The minimum atomic E-state index is -0.550. The van der Waals surface area contributed by atoms with Crippen LogP contribution in [0.4, 0.5) is 8.78 Å². The van der Waals surface area contributed by atoms with Crippen LogP contribution >= 0.6 is 0 Å². The molecule has 1 fully saturated rings. The first-order chi connectivity index (χ1) is 9.95. The van der Waals surface area contributed by atoms with Crippen LogP contribution in [0.3, 0.4) is 0 Å². The largest absolute Gasteiger partial charge is 0.379 e. The van der Waals surface area contributed by atoms with Crippen LogP contribution in [-0.4, -0.2) is 44.2 Å². The summed E-state index contributed by atoms with van der Waals surface area (Å²) in [7, 11) is 3.37. The number of rotatable bonds is 4. The number of nitrogens with zero attached hydrogens (tertiary/aromatic N) is 1. The van der Waals surface area contributed by atoms with E-state index in [1.807, 2.05) is 0 Å². The molecule has 3 unspecified atom stereocenters. The molecule has 1 amide bonds. The van der Waals surface area contributed by atoms with Crippen LogP contribution in [0, 0.1) is 17.6 Å². The zero-order valence-electron chi connectivity index (χ0n) is 12.4. The van der Waals surface area contributed by atoms with Crippen molar-refractivity contribution in [2.45, 2.75) is 19.0 Å². The van der Waals surface area contributed by atoms with E-state index in [4.69, 9.17) is 4.74 Å². The molecule has 1 aliphatic rings. The summed E-state index contributed by atoms with van der Waals surface area (Å²) in [6.07, 6.45) is 0. The lowest BCUT2D eigenvalue weighted by atomic mass is 9.99. The maximum atomic E-state index is 13.8. The van der Waals surface area contributed by atoms with Crippen molar-refractivity contribution in [1.29, 1.82) is 0 Å². The smallest absolute Gasteiger partial charge is 0.229 e. The summed E-state index contributed by atoms with van der Waals surface area (Å²) in [6.45, 7) is 2.50. The number of carbonyl (C=O) groups excluding carboxylic acids is 1. The Morgan fingerprint density at radius 1 is 1.43 bits per heavy atom. The van der Waals surface area contributed by atoms with Crippen molar-refractivity contribution >= 4 is 5.91 Å². The normalized spacial score (nSPS) is 23.1. The SMILES string of the molecule is CNC1COCC1C(=O)N(C)C(C)c1cc(F)ccc1F. The fourth-order valence-corrected chi connectivity index (χ4v) is 2.58. The van der Waals surface area contributed by atoms with Crippen LogP contribution in [0.15, 0.2) is 18.2 Å². The van der Waals surface area contributed by atoms with E-state index in [2.05, 4.69) is 5.32 Å². The van der Waals surface area contributed by atoms with E-state index < -0.39 is 17.7 Å². The van der Waals surface area contributed by atoms with E-state index in [0.29, 0.717) is 13.2 Å². The van der Waals surface area contributed by atoms with Crippen molar-refractivity contribution in [3.8, 4) is 0 Å². The van der Waals surface area contributed by atoms with Crippen molar-refractivity contribution in [3.05, 3.63) is 35.4 Å². The van der Waals surface area contributed by atoms with Gasteiger partial charge in [-0.05, 0) is 32.2 Å². The van der Waals surface area contributed by atoms with Crippen LogP contribution in [0.25, 0.3) is 0 Å². The Bertz CT molecular complexity index is 524. The average molecular weight is 298 g/mol. The number of likely N-dealkylation sites (N-methyl/N-ethyl adjacent to an activating group) is 1. The van der Waals surface area contributed by atoms with E-state index in [1.165, 1.54) is 4.90 Å². The highest BCUT2D eigenvalue weighted by molar-refractivity contribution is 5.80. The number of halogens is 2. The summed E-state index contributed by atoms with van der Waals surface area (Å²) in [4.78, 5) is 14.0. The molecule has 4 nitrogen and oxygen atoms in total. The number of carbonyl (C=O) groups is 1. The van der Waals surface area contributed by atoms with Gasteiger partial charge in [0.2, 0.25) is 5.91 Å². The predicted octanol–water partition coefficient (Wildman–Crippen LogP) is 1.72. The van der Waals surface area contributed by atoms with E-state index in [-0.39, 0.29) is 23.4 Å². The molecule has 0 aliphatic carbocycles. The van der Waals surface area contributed by atoms with Gasteiger partial charge in [-0.2, -0.15) is 0 Å². The first-order valence-corrected chi connectivity index (χ1v) is 6.92. The predicted molar refractivity (Wildman–Crippen MR) is 74.7 cm³/mol. The number of amides is 1. The van der Waals surface area contributed by atoms with Gasteiger partial charge in [0.15, 0.2) is 0 Å². The maximum absolute atomic E-state index is 13.8. The van der Waals surface area contributed by atoms with Crippen molar-refractivity contribution in [1.82, 2.24) is 10.2 Å². The van der Waals surface area contributed by atoms with Gasteiger partial charge in [0.05, 0.1) is 25.2 Å². The highest BCUT2D eigenvalue weighted by Gasteiger charge is 2.36. The van der Waals surface area contributed by atoms with Crippen LogP contribution in [0.2, 0.25) is 0 Å². The Kier molecular flexibility index (Phi) is 4.90. The summed E-state index contributed by atoms with van der Waals surface area (Å²) in [5, 5.41) is 3.04. The van der Waals surface area contributed by atoms with Gasteiger partial charge in [0, 0.05) is 18.7 Å². The second kappa shape index (κ2) is 6.49. The first kappa shape index (κ1) is 15.9. The number of hydrogen-bond acceptors (Lipinski definition) is 3. The zero-order valence-corrected chi connectivity index (χ0v) is 12.4. The molecular weight excluding hydrogens is 278 g/mol. The molecule has 0 aromatic heterocycles. The van der Waals surface area contributed by atoms with Gasteiger partial charge in [-0.3, -0.25) is 4.79 Å². The maximum Gasteiger partial charge on any atom is 0.229 e. The molecule has 21 heavy (non-hydrogen) atoms. The fraction of sp³-hybridized carbons (Fsp3) is 0.533. The Hall–Kier alpha value is -1.53. The highest BCUT2D eigenvalue weighted by atomic mass is 19.1. The lowest BCUT2D eigenvalue weighted by molar-refractivity contribution is -0.136. The van der Waals surface area contributed by atoms with Gasteiger partial charge in [0.1, 0.15) is 11.6 Å². The van der Waals surface area contributed by atoms with Gasteiger partial charge in [-0.1, -0.05) is 0 Å². The Balaban J connectivity index is 2.16. The van der Waals surface area contributed by atoms with Crippen molar-refractivity contribution in [2.24, 2.45) is 5.92 Å². The molecule has 0 saturated carbocycles. The summed E-state index contributed by atoms with van der Waals surface area (Å²) in [5.74, 6) is -1.48. The molecule has 6 heteroatoms. The molecule has 1 heterocycles. The molecule has 1 aliphatic heterocycles. The minimum Gasteiger partial charge on any atom is -0.379 e. The average Bonchev–Trinajstić information content (AvgIpc) is 2.95. The van der Waals surface area contributed by atoms with Crippen LogP contribution < -0.4 is 5.32 Å². The second-order valence-corrected chi connectivity index (χ2v) is 5.33. The lowest BCUT2D eigenvalue weighted by Gasteiger charge is -2.29. The summed E-state index contributed by atoms with van der Waals surface area (Å²) < 4.78 is 32.4. The Morgan fingerprint density at radius 3 is 2.81 bits per heavy atom. The van der Waals surface area contributed by atoms with Gasteiger partial charge >= 0.3 is 0 Å². The molecule has 0 bridgehead atoms. The highest BCUT2D eigenvalue weighted by Crippen LogP contribution is 2.26. The number of hydrogen-bond donors (Lipinski definition) is 1. The number of nitrogens with one attached hydrogen (secondary N) is 1. The third-order valence-electron chi connectivity index (χ3n) is 4.11. The van der Waals surface area contributed by atoms with Gasteiger partial charge in [-0.25, -0.2) is 8.78 Å². The standard InChI is InChI=1S/C15H20F2N2O2/c1-9(11-6-10(16)4-5-13(11)17)19(3)15(20)12-7-21-8-14(12)18-2/h4-6,9,12,14,18H,7-8H2,1-3H3. The topological polar surface area (TPSA) is 41.6 Å². The van der Waals surface area contributed by atoms with Crippen molar-refractivity contribution in [2.75, 3.05) is 27.3 Å². The van der Waals surface area contributed by atoms with Crippen LogP contribution in [-0.2, 0) is 9.53 Å². The second-order valence-electron chi connectivity index (χ2n) is 5.33. The van der Waals surface area contributed by atoms with Crippen molar-refractivity contribution < 1.29 is 18.3 Å². The molecule has 1 aromatic rings. The molecule has 116 valence electrons. The molecule has 2 rings (SSSR count). The summed E-state index contributed by atoms with van der Waals surface area (Å²) >= 11 is 0. The third kappa shape index (κ3) is 3.22. The molecule has 0 spiro atoms. The third-order valence-corrected chi connectivity index (χ3v) is 4.11. The fourth-order valence-electron chi connectivity index (χ4n) is 2.58.